The number of carbonyl (C=O) groups is 1. The van der Waals surface area contributed by atoms with Crippen molar-refractivity contribution in [3.63, 3.8) is 0 Å². The van der Waals surface area contributed by atoms with E-state index >= 15 is 0 Å². The summed E-state index contributed by atoms with van der Waals surface area (Å²) in [5.74, 6) is -0.237. The van der Waals surface area contributed by atoms with Crippen molar-refractivity contribution in [2.24, 2.45) is 0 Å². The smallest absolute Gasteiger partial charge is 0.269 e. The fourth-order valence-corrected chi connectivity index (χ4v) is 1.13. The molecular weight excluding hydrogens is 182 g/mol. The molecule has 1 rings (SSSR count). The number of aromatic nitrogens is 2. The zero-order chi connectivity index (χ0) is 10.4. The van der Waals surface area contributed by atoms with Gasteiger partial charge in [0.25, 0.3) is 11.5 Å². The van der Waals surface area contributed by atoms with Crippen molar-refractivity contribution >= 4 is 5.91 Å². The van der Waals surface area contributed by atoms with Crippen LogP contribution in [-0.2, 0) is 0 Å². The molecule has 14 heavy (non-hydrogen) atoms. The molecule has 0 atom stereocenters. The molecule has 5 heteroatoms. The van der Waals surface area contributed by atoms with Gasteiger partial charge in [-0.05, 0) is 6.42 Å². The van der Waals surface area contributed by atoms with Crippen LogP contribution in [-0.4, -0.2) is 22.6 Å². The van der Waals surface area contributed by atoms with Gasteiger partial charge in [0.05, 0.1) is 0 Å². The Morgan fingerprint density at radius 2 is 2.21 bits per heavy atom. The second kappa shape index (κ2) is 5.26. The lowest BCUT2D eigenvalue weighted by molar-refractivity contribution is 0.0948. The number of hydrogen-bond donors (Lipinski definition) is 3. The van der Waals surface area contributed by atoms with E-state index in [0.717, 1.165) is 19.3 Å². The van der Waals surface area contributed by atoms with Gasteiger partial charge >= 0.3 is 0 Å². The van der Waals surface area contributed by atoms with E-state index < -0.39 is 0 Å². The molecule has 0 saturated heterocycles. The molecule has 0 aliphatic carbocycles. The summed E-state index contributed by atoms with van der Waals surface area (Å²) in [7, 11) is 0. The van der Waals surface area contributed by atoms with Crippen molar-refractivity contribution in [1.82, 2.24) is 15.5 Å². The Balaban J connectivity index is 2.32. The molecule has 1 amide bonds. The molecule has 1 heterocycles. The number of amides is 1. The maximum Gasteiger partial charge on any atom is 0.269 e. The van der Waals surface area contributed by atoms with Gasteiger partial charge < -0.3 is 5.32 Å². The van der Waals surface area contributed by atoms with Gasteiger partial charge in [0.2, 0.25) is 0 Å². The molecule has 0 aromatic carbocycles. The SMILES string of the molecule is CCCCCNC(=O)c1cc(=O)[nH][nH]1. The lowest BCUT2D eigenvalue weighted by Gasteiger charge is -2.01. The van der Waals surface area contributed by atoms with Crippen molar-refractivity contribution in [2.75, 3.05) is 6.54 Å². The lowest BCUT2D eigenvalue weighted by atomic mass is 10.2. The molecule has 5 nitrogen and oxygen atoms in total. The van der Waals surface area contributed by atoms with Crippen molar-refractivity contribution in [1.29, 1.82) is 0 Å². The first-order valence-electron chi connectivity index (χ1n) is 4.80. The van der Waals surface area contributed by atoms with Crippen LogP contribution in [0.4, 0.5) is 0 Å². The van der Waals surface area contributed by atoms with Crippen LogP contribution in [0.3, 0.4) is 0 Å². The van der Waals surface area contributed by atoms with E-state index in [1.807, 2.05) is 0 Å². The first kappa shape index (κ1) is 10.6. The normalized spacial score (nSPS) is 10.1. The largest absolute Gasteiger partial charge is 0.351 e. The highest BCUT2D eigenvalue weighted by Crippen LogP contribution is 1.92. The number of carbonyl (C=O) groups excluding carboxylic acids is 1. The summed E-state index contributed by atoms with van der Waals surface area (Å²) in [6.45, 7) is 2.76. The Bertz CT molecular complexity index is 340. The molecule has 0 aliphatic heterocycles. The van der Waals surface area contributed by atoms with Crippen molar-refractivity contribution in [3.8, 4) is 0 Å². The van der Waals surface area contributed by atoms with Gasteiger partial charge in [-0.2, -0.15) is 0 Å². The minimum absolute atomic E-state index is 0.237. The van der Waals surface area contributed by atoms with Gasteiger partial charge in [-0.15, -0.1) is 0 Å². The molecule has 0 spiro atoms. The molecular formula is C9H15N3O2. The first-order chi connectivity index (χ1) is 6.74. The standard InChI is InChI=1S/C9H15N3O2/c1-2-3-4-5-10-9(14)7-6-8(13)12-11-7/h6H,2-5H2,1H3,(H,10,14)(H2,11,12,13). The lowest BCUT2D eigenvalue weighted by Crippen LogP contribution is -2.24. The zero-order valence-electron chi connectivity index (χ0n) is 8.22. The molecule has 1 aromatic rings. The summed E-state index contributed by atoms with van der Waals surface area (Å²) in [5, 5.41) is 7.52. The predicted molar refractivity (Wildman–Crippen MR) is 53.3 cm³/mol. The van der Waals surface area contributed by atoms with E-state index in [2.05, 4.69) is 22.4 Å². The van der Waals surface area contributed by atoms with E-state index in [0.29, 0.717) is 6.54 Å². The Morgan fingerprint density at radius 1 is 1.43 bits per heavy atom. The monoisotopic (exact) mass is 197 g/mol. The third kappa shape index (κ3) is 3.08. The summed E-state index contributed by atoms with van der Waals surface area (Å²) in [6.07, 6.45) is 3.19. The Labute approximate surface area is 81.9 Å². The molecule has 0 radical (unpaired) electrons. The highest BCUT2D eigenvalue weighted by molar-refractivity contribution is 5.91. The minimum atomic E-state index is -0.288. The number of aromatic amines is 2. The molecule has 0 unspecified atom stereocenters. The Morgan fingerprint density at radius 3 is 2.79 bits per heavy atom. The molecule has 1 aromatic heterocycles. The van der Waals surface area contributed by atoms with E-state index in [1.54, 1.807) is 0 Å². The van der Waals surface area contributed by atoms with E-state index in [9.17, 15) is 9.59 Å². The number of unbranched alkanes of at least 4 members (excludes halogenated alkanes) is 2. The first-order valence-corrected chi connectivity index (χ1v) is 4.80. The number of hydrogen-bond acceptors (Lipinski definition) is 2. The van der Waals surface area contributed by atoms with Crippen LogP contribution in [0.1, 0.15) is 36.7 Å². The van der Waals surface area contributed by atoms with Crippen molar-refractivity contribution < 1.29 is 4.79 Å². The molecule has 0 saturated carbocycles. The summed E-state index contributed by atoms with van der Waals surface area (Å²) in [6, 6.07) is 1.25. The van der Waals surface area contributed by atoms with Gasteiger partial charge in [0, 0.05) is 12.6 Å². The van der Waals surface area contributed by atoms with E-state index in [1.165, 1.54) is 6.07 Å². The molecule has 0 fully saturated rings. The fourth-order valence-electron chi connectivity index (χ4n) is 1.13. The minimum Gasteiger partial charge on any atom is -0.351 e. The van der Waals surface area contributed by atoms with Gasteiger partial charge in [0.15, 0.2) is 0 Å². The van der Waals surface area contributed by atoms with Gasteiger partial charge in [0.1, 0.15) is 5.69 Å². The highest BCUT2D eigenvalue weighted by Gasteiger charge is 2.05. The van der Waals surface area contributed by atoms with Crippen LogP contribution in [0.5, 0.6) is 0 Å². The molecule has 0 aliphatic rings. The van der Waals surface area contributed by atoms with Crippen LogP contribution >= 0.6 is 0 Å². The van der Waals surface area contributed by atoms with Crippen molar-refractivity contribution in [2.45, 2.75) is 26.2 Å². The summed E-state index contributed by atoms with van der Waals surface area (Å²) in [4.78, 5) is 22.0. The van der Waals surface area contributed by atoms with Crippen LogP contribution in [0.25, 0.3) is 0 Å². The predicted octanol–water partition coefficient (Wildman–Crippen LogP) is 0.623. The van der Waals surface area contributed by atoms with Gasteiger partial charge in [-0.1, -0.05) is 19.8 Å². The average molecular weight is 197 g/mol. The molecule has 3 N–H and O–H groups in total. The van der Waals surface area contributed by atoms with Crippen LogP contribution < -0.4 is 10.9 Å². The van der Waals surface area contributed by atoms with E-state index in [-0.39, 0.29) is 17.2 Å². The average Bonchev–Trinajstić information content (AvgIpc) is 2.59. The van der Waals surface area contributed by atoms with Gasteiger partial charge in [-0.3, -0.25) is 19.8 Å². The second-order valence-corrected chi connectivity index (χ2v) is 3.14. The molecule has 0 bridgehead atoms. The van der Waals surface area contributed by atoms with E-state index in [4.69, 9.17) is 0 Å². The quantitative estimate of drug-likeness (QED) is 0.605. The third-order valence-corrected chi connectivity index (χ3v) is 1.91. The third-order valence-electron chi connectivity index (χ3n) is 1.91. The van der Waals surface area contributed by atoms with Crippen LogP contribution in [0.15, 0.2) is 10.9 Å². The topological polar surface area (TPSA) is 77.8 Å². The summed E-state index contributed by atoms with van der Waals surface area (Å²) < 4.78 is 0. The highest BCUT2D eigenvalue weighted by atomic mass is 16.2. The molecule has 78 valence electrons. The maximum absolute atomic E-state index is 11.3. The number of H-pyrrole nitrogens is 2. The number of rotatable bonds is 5. The van der Waals surface area contributed by atoms with Crippen LogP contribution in [0, 0.1) is 0 Å². The summed E-state index contributed by atoms with van der Waals surface area (Å²) in [5.41, 5.74) is -0.00444. The number of nitrogens with one attached hydrogen (secondary N) is 3. The summed E-state index contributed by atoms with van der Waals surface area (Å²) >= 11 is 0. The second-order valence-electron chi connectivity index (χ2n) is 3.14. The fraction of sp³-hybridized carbons (Fsp3) is 0.556. The zero-order valence-corrected chi connectivity index (χ0v) is 8.22. The Hall–Kier alpha value is -1.52. The maximum atomic E-state index is 11.3. The van der Waals surface area contributed by atoms with Gasteiger partial charge in [-0.25, -0.2) is 0 Å². The van der Waals surface area contributed by atoms with Crippen molar-refractivity contribution in [3.05, 3.63) is 22.1 Å². The van der Waals surface area contributed by atoms with Crippen LogP contribution in [0.2, 0.25) is 0 Å². The Kier molecular flexibility index (Phi) is 3.97.